The molecular weight excluding hydrogens is 482 g/mol. The minimum atomic E-state index is -0.507. The number of hydrogen-bond donors (Lipinski definition) is 0. The maximum atomic E-state index is 12.7. The fourth-order valence-corrected chi connectivity index (χ4v) is 5.27. The molecule has 210 valence electrons. The minimum Gasteiger partial charge on any atom is -0.465 e. The molecule has 0 bridgehead atoms. The Morgan fingerprint density at radius 2 is 1.74 bits per heavy atom. The molecule has 1 amide bonds. The van der Waals surface area contributed by atoms with Crippen molar-refractivity contribution in [3.05, 3.63) is 28.8 Å². The number of hydrogen-bond acceptors (Lipinski definition) is 7. The quantitative estimate of drug-likeness (QED) is 0.399. The van der Waals surface area contributed by atoms with E-state index >= 15 is 0 Å². The van der Waals surface area contributed by atoms with E-state index in [9.17, 15) is 9.59 Å². The first-order valence-electron chi connectivity index (χ1n) is 13.8. The monoisotopic (exact) mass is 527 g/mol. The molecule has 38 heavy (non-hydrogen) atoms. The molecule has 0 unspecified atom stereocenters. The first kappa shape index (κ1) is 29.8. The molecule has 1 aliphatic heterocycles. The Morgan fingerprint density at radius 1 is 1.11 bits per heavy atom. The van der Waals surface area contributed by atoms with Crippen LogP contribution in [0.25, 0.3) is 0 Å². The summed E-state index contributed by atoms with van der Waals surface area (Å²) >= 11 is 0. The van der Waals surface area contributed by atoms with Crippen LogP contribution in [0.15, 0.2) is 12.1 Å². The summed E-state index contributed by atoms with van der Waals surface area (Å²) in [4.78, 5) is 31.7. The van der Waals surface area contributed by atoms with Crippen molar-refractivity contribution < 1.29 is 23.8 Å². The minimum absolute atomic E-state index is 0.156. The first-order valence-corrected chi connectivity index (χ1v) is 13.8. The number of esters is 1. The number of morpholine rings is 1. The molecule has 8 heteroatoms. The van der Waals surface area contributed by atoms with E-state index in [1.54, 1.807) is 4.90 Å². The Balaban J connectivity index is 1.78. The summed E-state index contributed by atoms with van der Waals surface area (Å²) in [6.07, 6.45) is 3.43. The fraction of sp³-hybridized carbons (Fsp3) is 0.667. The van der Waals surface area contributed by atoms with Gasteiger partial charge in [-0.1, -0.05) is 11.8 Å². The molecule has 0 N–H and O–H groups in total. The molecule has 1 heterocycles. The molecule has 2 aliphatic rings. The number of carbonyl (C=O) groups is 2. The molecule has 1 saturated heterocycles. The van der Waals surface area contributed by atoms with Gasteiger partial charge in [-0.3, -0.25) is 4.90 Å². The van der Waals surface area contributed by atoms with Crippen LogP contribution in [-0.2, 0) is 14.2 Å². The summed E-state index contributed by atoms with van der Waals surface area (Å²) in [7, 11) is 3.25. The van der Waals surface area contributed by atoms with Gasteiger partial charge in [-0.05, 0) is 78.0 Å². The zero-order valence-electron chi connectivity index (χ0n) is 24.3. The van der Waals surface area contributed by atoms with Crippen LogP contribution in [0, 0.1) is 18.8 Å². The number of methoxy groups -OCH3 is 1. The van der Waals surface area contributed by atoms with Gasteiger partial charge >= 0.3 is 12.1 Å². The third-order valence-electron chi connectivity index (χ3n) is 7.41. The van der Waals surface area contributed by atoms with Gasteiger partial charge in [0.1, 0.15) is 5.60 Å². The zero-order valence-corrected chi connectivity index (χ0v) is 24.3. The second-order valence-electron chi connectivity index (χ2n) is 11.2. The summed E-state index contributed by atoms with van der Waals surface area (Å²) < 4.78 is 16.1. The van der Waals surface area contributed by atoms with Gasteiger partial charge in [-0.2, -0.15) is 0 Å². The Labute approximate surface area is 228 Å². The maximum Gasteiger partial charge on any atom is 0.410 e. The molecule has 0 spiro atoms. The van der Waals surface area contributed by atoms with Crippen LogP contribution in [0.4, 0.5) is 10.5 Å². The van der Waals surface area contributed by atoms with Crippen LogP contribution in [0.5, 0.6) is 0 Å². The maximum absolute atomic E-state index is 12.7. The van der Waals surface area contributed by atoms with Crippen molar-refractivity contribution >= 4 is 17.7 Å². The van der Waals surface area contributed by atoms with Gasteiger partial charge in [-0.25, -0.2) is 9.59 Å². The molecule has 0 radical (unpaired) electrons. The topological polar surface area (TPSA) is 71.6 Å². The predicted octanol–water partition coefficient (Wildman–Crippen LogP) is 4.47. The number of nitrogens with zero attached hydrogens (tertiary/aromatic N) is 3. The molecular formula is C30H45N3O5. The molecule has 0 atom stereocenters. The van der Waals surface area contributed by atoms with E-state index in [0.29, 0.717) is 18.2 Å². The lowest BCUT2D eigenvalue weighted by molar-refractivity contribution is 0.0182. The number of rotatable bonds is 6. The van der Waals surface area contributed by atoms with Crippen LogP contribution in [0.1, 0.15) is 74.9 Å². The average Bonchev–Trinajstić information content (AvgIpc) is 2.89. The van der Waals surface area contributed by atoms with Gasteiger partial charge in [0.2, 0.25) is 0 Å². The third kappa shape index (κ3) is 7.87. The van der Waals surface area contributed by atoms with Crippen molar-refractivity contribution in [3.63, 3.8) is 0 Å². The first-order chi connectivity index (χ1) is 18.0. The van der Waals surface area contributed by atoms with Crippen molar-refractivity contribution in [1.82, 2.24) is 9.80 Å². The smallest absolute Gasteiger partial charge is 0.410 e. The summed E-state index contributed by atoms with van der Waals surface area (Å²) in [5.41, 5.74) is 2.79. The van der Waals surface area contributed by atoms with Gasteiger partial charge < -0.3 is 24.0 Å². The van der Waals surface area contributed by atoms with Crippen LogP contribution >= 0.6 is 0 Å². The summed E-state index contributed by atoms with van der Waals surface area (Å²) in [6.45, 7) is 14.5. The molecule has 1 aromatic carbocycles. The van der Waals surface area contributed by atoms with E-state index in [2.05, 4.69) is 34.6 Å². The third-order valence-corrected chi connectivity index (χ3v) is 7.41. The van der Waals surface area contributed by atoms with Gasteiger partial charge in [0.15, 0.2) is 0 Å². The zero-order chi connectivity index (χ0) is 27.9. The van der Waals surface area contributed by atoms with E-state index in [0.717, 1.165) is 75.3 Å². The summed E-state index contributed by atoms with van der Waals surface area (Å²) in [5.74, 6) is 6.23. The van der Waals surface area contributed by atoms with E-state index in [1.165, 1.54) is 7.11 Å². The molecule has 1 aliphatic carbocycles. The lowest BCUT2D eigenvalue weighted by Gasteiger charge is -2.41. The highest BCUT2D eigenvalue weighted by atomic mass is 16.6. The van der Waals surface area contributed by atoms with Crippen LogP contribution < -0.4 is 4.90 Å². The lowest BCUT2D eigenvalue weighted by atomic mass is 9.88. The highest BCUT2D eigenvalue weighted by Crippen LogP contribution is 2.33. The van der Waals surface area contributed by atoms with E-state index < -0.39 is 5.60 Å². The normalized spacial score (nSPS) is 20.2. The second-order valence-corrected chi connectivity index (χ2v) is 11.2. The predicted molar refractivity (Wildman–Crippen MR) is 150 cm³/mol. The van der Waals surface area contributed by atoms with Crippen LogP contribution in [0.2, 0.25) is 0 Å². The molecule has 2 fully saturated rings. The van der Waals surface area contributed by atoms with Crippen molar-refractivity contribution in [2.24, 2.45) is 0 Å². The van der Waals surface area contributed by atoms with E-state index in [1.807, 2.05) is 40.8 Å². The number of anilines is 1. The molecule has 3 rings (SSSR count). The van der Waals surface area contributed by atoms with Crippen molar-refractivity contribution in [2.75, 3.05) is 58.5 Å². The average molecular weight is 528 g/mol. The highest BCUT2D eigenvalue weighted by molar-refractivity contribution is 5.93. The van der Waals surface area contributed by atoms with Gasteiger partial charge in [0, 0.05) is 50.0 Å². The van der Waals surface area contributed by atoms with Gasteiger partial charge in [0.25, 0.3) is 0 Å². The van der Waals surface area contributed by atoms with Crippen molar-refractivity contribution in [1.29, 1.82) is 0 Å². The Morgan fingerprint density at radius 3 is 2.32 bits per heavy atom. The molecule has 8 nitrogen and oxygen atoms in total. The largest absolute Gasteiger partial charge is 0.465 e. The second kappa shape index (κ2) is 13.3. The SMILES string of the molecule is CCN(c1cc(C#CCN2CCOCC2)cc(C(=O)OC)c1C)C1CCC(N(C)C(=O)OC(C)(C)C)CC1. The number of carbonyl (C=O) groups excluding carboxylic acids is 2. The number of amides is 1. The summed E-state index contributed by atoms with van der Waals surface area (Å²) in [6, 6.07) is 4.42. The number of benzene rings is 1. The van der Waals surface area contributed by atoms with Crippen LogP contribution in [0.3, 0.4) is 0 Å². The van der Waals surface area contributed by atoms with Crippen LogP contribution in [-0.4, -0.2) is 93.1 Å². The molecule has 1 aromatic rings. The summed E-state index contributed by atoms with van der Waals surface area (Å²) in [5, 5.41) is 0. The molecule has 0 aromatic heterocycles. The molecule has 1 saturated carbocycles. The van der Waals surface area contributed by atoms with Crippen molar-refractivity contribution in [3.8, 4) is 11.8 Å². The highest BCUT2D eigenvalue weighted by Gasteiger charge is 2.32. The number of ether oxygens (including phenoxy) is 3. The van der Waals surface area contributed by atoms with Gasteiger partial charge in [0.05, 0.1) is 32.4 Å². The van der Waals surface area contributed by atoms with E-state index in [-0.39, 0.29) is 18.1 Å². The van der Waals surface area contributed by atoms with Crippen molar-refractivity contribution in [2.45, 2.75) is 78.0 Å². The fourth-order valence-electron chi connectivity index (χ4n) is 5.27. The lowest BCUT2D eigenvalue weighted by Crippen LogP contribution is -2.46. The van der Waals surface area contributed by atoms with E-state index in [4.69, 9.17) is 14.2 Å². The Bertz CT molecular complexity index is 1020. The Hall–Kier alpha value is -2.76. The standard InChI is InChI=1S/C30H45N3O5/c1-8-33(25-13-11-24(12-14-25)31(6)29(35)38-30(3,4)5)27-21-23(20-26(22(27)2)28(34)36-7)10-9-15-32-16-18-37-19-17-32/h20-21,24-25H,8,11-19H2,1-7H3. The Kier molecular flexibility index (Phi) is 10.5. The van der Waals surface area contributed by atoms with Gasteiger partial charge in [-0.15, -0.1) is 0 Å².